The van der Waals surface area contributed by atoms with Crippen LogP contribution in [0.2, 0.25) is 0 Å². The van der Waals surface area contributed by atoms with Crippen molar-refractivity contribution in [2.24, 2.45) is 0 Å². The number of ether oxygens (including phenoxy) is 2. The van der Waals surface area contributed by atoms with Gasteiger partial charge in [0.1, 0.15) is 17.5 Å². The molecule has 4 rings (SSSR count). The Hall–Kier alpha value is -4.62. The van der Waals surface area contributed by atoms with Crippen molar-refractivity contribution in [3.05, 3.63) is 30.0 Å². The lowest BCUT2D eigenvalue weighted by atomic mass is 9.80. The fraction of sp³-hybridized carbons (Fsp3) is 0.481. The first-order chi connectivity index (χ1) is 19.5. The number of hydrogen-bond acceptors (Lipinski definition) is 9. The summed E-state index contributed by atoms with van der Waals surface area (Å²) in [6.07, 6.45) is 0.246. The SMILES string of the molecule is CCOC(=O)N1CCN(C(=O)C(CCC(=O)O)NC(=O)c2cc(OC3(C(=O)O)CCC3)c3ccc(N)cc3n2)CC1. The number of amides is 3. The lowest BCUT2D eigenvalue weighted by Gasteiger charge is -2.38. The summed E-state index contributed by atoms with van der Waals surface area (Å²) in [6, 6.07) is 4.87. The number of carboxylic acid groups (broad SMARTS) is 2. The monoisotopic (exact) mass is 571 g/mol. The summed E-state index contributed by atoms with van der Waals surface area (Å²) < 4.78 is 11.0. The van der Waals surface area contributed by atoms with Crippen LogP contribution in [0.3, 0.4) is 0 Å². The van der Waals surface area contributed by atoms with Crippen LogP contribution < -0.4 is 15.8 Å². The van der Waals surface area contributed by atoms with E-state index in [1.807, 2.05) is 0 Å². The first-order valence-corrected chi connectivity index (χ1v) is 13.4. The van der Waals surface area contributed by atoms with Crippen molar-refractivity contribution < 1.29 is 43.7 Å². The summed E-state index contributed by atoms with van der Waals surface area (Å²) in [5, 5.41) is 22.0. The van der Waals surface area contributed by atoms with E-state index in [1.54, 1.807) is 19.1 Å². The highest BCUT2D eigenvalue weighted by atomic mass is 16.6. The zero-order valence-electron chi connectivity index (χ0n) is 22.6. The molecule has 3 amide bonds. The minimum Gasteiger partial charge on any atom is -0.481 e. The molecule has 1 aromatic heterocycles. The van der Waals surface area contributed by atoms with Crippen LogP contribution in [0, 0.1) is 0 Å². The molecular formula is C27H33N5O9. The second kappa shape index (κ2) is 12.3. The molecule has 0 bridgehead atoms. The average Bonchev–Trinajstić information content (AvgIpc) is 2.91. The van der Waals surface area contributed by atoms with E-state index in [0.29, 0.717) is 30.3 Å². The summed E-state index contributed by atoms with van der Waals surface area (Å²) in [5.41, 5.74) is 4.99. The molecule has 1 saturated carbocycles. The molecule has 1 aromatic carbocycles. The number of piperazine rings is 1. The number of aliphatic carboxylic acids is 2. The topological polar surface area (TPSA) is 202 Å². The van der Waals surface area contributed by atoms with Crippen LogP contribution in [-0.4, -0.2) is 99.3 Å². The van der Waals surface area contributed by atoms with Crippen LogP contribution in [0.5, 0.6) is 5.75 Å². The van der Waals surface area contributed by atoms with E-state index in [-0.39, 0.29) is 62.6 Å². The Morgan fingerprint density at radius 3 is 2.34 bits per heavy atom. The molecule has 1 saturated heterocycles. The largest absolute Gasteiger partial charge is 0.481 e. The van der Waals surface area contributed by atoms with Gasteiger partial charge in [-0.3, -0.25) is 14.4 Å². The van der Waals surface area contributed by atoms with Crippen molar-refractivity contribution in [2.45, 2.75) is 50.7 Å². The Morgan fingerprint density at radius 1 is 1.07 bits per heavy atom. The van der Waals surface area contributed by atoms with Gasteiger partial charge >= 0.3 is 18.0 Å². The predicted octanol–water partition coefficient (Wildman–Crippen LogP) is 1.47. The van der Waals surface area contributed by atoms with Crippen molar-refractivity contribution in [1.82, 2.24) is 20.1 Å². The van der Waals surface area contributed by atoms with Gasteiger partial charge in [-0.25, -0.2) is 14.6 Å². The van der Waals surface area contributed by atoms with Gasteiger partial charge < -0.3 is 40.5 Å². The smallest absolute Gasteiger partial charge is 0.409 e. The third-order valence-electron chi connectivity index (χ3n) is 7.25. The molecule has 1 unspecified atom stereocenters. The summed E-state index contributed by atoms with van der Waals surface area (Å²) in [7, 11) is 0. The maximum absolute atomic E-state index is 13.4. The molecule has 1 atom stereocenters. The van der Waals surface area contributed by atoms with Crippen LogP contribution in [0.25, 0.3) is 10.9 Å². The van der Waals surface area contributed by atoms with Crippen LogP contribution in [-0.2, 0) is 19.1 Å². The number of nitrogen functional groups attached to an aromatic ring is 1. The number of benzene rings is 1. The summed E-state index contributed by atoms with van der Waals surface area (Å²) in [4.78, 5) is 69.3. The first kappa shape index (κ1) is 29.4. The molecule has 5 N–H and O–H groups in total. The second-order valence-electron chi connectivity index (χ2n) is 10.0. The maximum atomic E-state index is 13.4. The van der Waals surface area contributed by atoms with Gasteiger partial charge in [0, 0.05) is 49.7 Å². The molecule has 2 fully saturated rings. The normalized spacial score (nSPS) is 16.8. The Morgan fingerprint density at radius 2 is 1.76 bits per heavy atom. The van der Waals surface area contributed by atoms with Gasteiger partial charge in [0.25, 0.3) is 5.91 Å². The summed E-state index contributed by atoms with van der Waals surface area (Å²) >= 11 is 0. The van der Waals surface area contributed by atoms with Crippen molar-refractivity contribution in [2.75, 3.05) is 38.5 Å². The molecule has 14 nitrogen and oxygen atoms in total. The number of aromatic nitrogens is 1. The lowest BCUT2D eigenvalue weighted by molar-refractivity contribution is -0.163. The van der Waals surface area contributed by atoms with E-state index >= 15 is 0 Å². The van der Waals surface area contributed by atoms with Crippen molar-refractivity contribution in [1.29, 1.82) is 0 Å². The van der Waals surface area contributed by atoms with Crippen molar-refractivity contribution in [3.63, 3.8) is 0 Å². The lowest BCUT2D eigenvalue weighted by Crippen LogP contribution is -2.56. The number of carbonyl (C=O) groups is 5. The standard InChI is InChI=1S/C27H33N5O9/c1-2-40-26(39)32-12-10-31(11-13-32)24(36)18(6-7-22(33)34)30-23(35)20-15-21(41-27(25(37)38)8-3-9-27)17-5-4-16(28)14-19(17)29-20/h4-5,14-15,18H,2-3,6-13,28H2,1H3,(H,30,35)(H,33,34)(H,37,38). The molecule has 1 aliphatic heterocycles. The number of pyridine rings is 1. The number of nitrogens with one attached hydrogen (secondary N) is 1. The third-order valence-corrected chi connectivity index (χ3v) is 7.25. The Bertz CT molecular complexity index is 1350. The highest BCUT2D eigenvalue weighted by Crippen LogP contribution is 2.39. The number of carbonyl (C=O) groups excluding carboxylic acids is 3. The van der Waals surface area contributed by atoms with Gasteiger partial charge in [-0.15, -0.1) is 0 Å². The molecular weight excluding hydrogens is 538 g/mol. The Kier molecular flexibility index (Phi) is 8.79. The number of nitrogens with two attached hydrogens (primary N) is 1. The van der Waals surface area contributed by atoms with Gasteiger partial charge in [0.05, 0.1) is 12.1 Å². The fourth-order valence-corrected chi connectivity index (χ4v) is 4.78. The number of hydrogen-bond donors (Lipinski definition) is 4. The molecule has 2 aliphatic rings. The number of nitrogens with zero attached hydrogens (tertiary/aromatic N) is 3. The van der Waals surface area contributed by atoms with Crippen molar-refractivity contribution >= 4 is 46.4 Å². The minimum atomic E-state index is -1.42. The highest BCUT2D eigenvalue weighted by Gasteiger charge is 2.47. The number of rotatable bonds is 10. The predicted molar refractivity (Wildman–Crippen MR) is 144 cm³/mol. The molecule has 220 valence electrons. The molecule has 0 spiro atoms. The van der Waals surface area contributed by atoms with E-state index in [4.69, 9.17) is 15.2 Å². The third kappa shape index (κ3) is 6.58. The van der Waals surface area contributed by atoms with Gasteiger partial charge in [-0.2, -0.15) is 0 Å². The summed E-state index contributed by atoms with van der Waals surface area (Å²) in [5.74, 6) is -3.39. The molecule has 2 aromatic rings. The van der Waals surface area contributed by atoms with E-state index in [9.17, 15) is 34.2 Å². The average molecular weight is 572 g/mol. The second-order valence-corrected chi connectivity index (χ2v) is 10.0. The van der Waals surface area contributed by atoms with E-state index in [2.05, 4.69) is 10.3 Å². The quantitative estimate of drug-likeness (QED) is 0.301. The zero-order chi connectivity index (χ0) is 29.7. The van der Waals surface area contributed by atoms with Crippen LogP contribution >= 0.6 is 0 Å². The van der Waals surface area contributed by atoms with Gasteiger partial charge in [0.2, 0.25) is 11.5 Å². The molecule has 14 heteroatoms. The highest BCUT2D eigenvalue weighted by molar-refractivity contribution is 6.00. The Balaban J connectivity index is 1.56. The molecule has 41 heavy (non-hydrogen) atoms. The number of fused-ring (bicyclic) bond motifs is 1. The van der Waals surface area contributed by atoms with Gasteiger partial charge in [-0.1, -0.05) is 0 Å². The van der Waals surface area contributed by atoms with Gasteiger partial charge in [0.15, 0.2) is 0 Å². The zero-order valence-corrected chi connectivity index (χ0v) is 22.6. The fourth-order valence-electron chi connectivity index (χ4n) is 4.78. The number of carboxylic acids is 2. The summed E-state index contributed by atoms with van der Waals surface area (Å²) in [6.45, 7) is 2.73. The van der Waals surface area contributed by atoms with E-state index < -0.39 is 41.5 Å². The maximum Gasteiger partial charge on any atom is 0.409 e. The van der Waals surface area contributed by atoms with Crippen LogP contribution in [0.4, 0.5) is 10.5 Å². The van der Waals surface area contributed by atoms with E-state index in [1.165, 1.54) is 21.9 Å². The number of anilines is 1. The van der Waals surface area contributed by atoms with Crippen LogP contribution in [0.15, 0.2) is 24.3 Å². The molecule has 0 radical (unpaired) electrons. The molecule has 1 aliphatic carbocycles. The van der Waals surface area contributed by atoms with Gasteiger partial charge in [-0.05, 0) is 50.8 Å². The van der Waals surface area contributed by atoms with Crippen LogP contribution in [0.1, 0.15) is 49.5 Å². The molecule has 2 heterocycles. The van der Waals surface area contributed by atoms with Crippen molar-refractivity contribution in [3.8, 4) is 5.75 Å². The first-order valence-electron chi connectivity index (χ1n) is 13.4. The Labute approximate surface area is 235 Å². The minimum absolute atomic E-state index is 0.130. The van der Waals surface area contributed by atoms with E-state index in [0.717, 1.165) is 0 Å².